The fraction of sp³-hybridized carbons (Fsp3) is 0.529. The molecule has 19 heavy (non-hydrogen) atoms. The monoisotopic (exact) mass is 271 g/mol. The zero-order chi connectivity index (χ0) is 12.7. The predicted molar refractivity (Wildman–Crippen MR) is 82.9 cm³/mol. The summed E-state index contributed by atoms with van der Waals surface area (Å²) in [7, 11) is 0. The summed E-state index contributed by atoms with van der Waals surface area (Å²) in [5.74, 6) is 2.71. The van der Waals surface area contributed by atoms with Crippen molar-refractivity contribution in [1.82, 2.24) is 5.32 Å². The summed E-state index contributed by atoms with van der Waals surface area (Å²) in [5.41, 5.74) is 1.58. The molecular formula is C17H21NS. The third-order valence-corrected chi connectivity index (χ3v) is 6.10. The largest absolute Gasteiger partial charge is 0.316 e. The van der Waals surface area contributed by atoms with Gasteiger partial charge in [0.1, 0.15) is 0 Å². The Morgan fingerprint density at radius 1 is 0.947 bits per heavy atom. The van der Waals surface area contributed by atoms with Gasteiger partial charge in [0.05, 0.1) is 0 Å². The summed E-state index contributed by atoms with van der Waals surface area (Å²) in [6.45, 7) is 2.53. The molecule has 2 fully saturated rings. The number of benzene rings is 1. The summed E-state index contributed by atoms with van der Waals surface area (Å²) in [6.07, 6.45) is 5.62. The highest BCUT2D eigenvalue weighted by atomic mass is 32.1. The molecule has 1 saturated heterocycles. The van der Waals surface area contributed by atoms with Gasteiger partial charge in [-0.2, -0.15) is 0 Å². The third kappa shape index (κ3) is 2.21. The van der Waals surface area contributed by atoms with Gasteiger partial charge in [0.15, 0.2) is 0 Å². The molecule has 1 aliphatic heterocycles. The molecule has 2 aliphatic rings. The van der Waals surface area contributed by atoms with Gasteiger partial charge in [-0.3, -0.25) is 0 Å². The SMILES string of the molecule is c1cc2cc(C3CCC4CNCC4CC3)ccc2s1. The van der Waals surface area contributed by atoms with E-state index in [9.17, 15) is 0 Å². The van der Waals surface area contributed by atoms with Crippen LogP contribution in [0.2, 0.25) is 0 Å². The second kappa shape index (κ2) is 4.92. The van der Waals surface area contributed by atoms with E-state index >= 15 is 0 Å². The molecule has 1 aromatic carbocycles. The van der Waals surface area contributed by atoms with Crippen LogP contribution in [-0.4, -0.2) is 13.1 Å². The lowest BCUT2D eigenvalue weighted by Gasteiger charge is -2.15. The Labute approximate surface area is 119 Å². The van der Waals surface area contributed by atoms with Crippen LogP contribution in [0.25, 0.3) is 10.1 Å². The lowest BCUT2D eigenvalue weighted by molar-refractivity contribution is 0.397. The predicted octanol–water partition coefficient (Wildman–Crippen LogP) is 4.39. The van der Waals surface area contributed by atoms with Crippen LogP contribution in [0.3, 0.4) is 0 Å². The summed E-state index contributed by atoms with van der Waals surface area (Å²) in [4.78, 5) is 0. The van der Waals surface area contributed by atoms with Gasteiger partial charge in [0.2, 0.25) is 0 Å². The molecule has 0 amide bonds. The molecule has 1 saturated carbocycles. The van der Waals surface area contributed by atoms with Crippen LogP contribution in [0.15, 0.2) is 29.6 Å². The van der Waals surface area contributed by atoms with E-state index in [-0.39, 0.29) is 0 Å². The minimum Gasteiger partial charge on any atom is -0.316 e. The average molecular weight is 271 g/mol. The maximum Gasteiger partial charge on any atom is 0.0342 e. The van der Waals surface area contributed by atoms with Gasteiger partial charge in [-0.1, -0.05) is 12.1 Å². The zero-order valence-corrected chi connectivity index (χ0v) is 12.1. The highest BCUT2D eigenvalue weighted by Crippen LogP contribution is 2.39. The number of fused-ring (bicyclic) bond motifs is 2. The first-order valence-corrected chi connectivity index (χ1v) is 8.46. The number of thiophene rings is 1. The van der Waals surface area contributed by atoms with Crippen molar-refractivity contribution in [2.24, 2.45) is 11.8 Å². The molecule has 1 aromatic heterocycles. The molecule has 1 aliphatic carbocycles. The first-order valence-electron chi connectivity index (χ1n) is 7.58. The Morgan fingerprint density at radius 3 is 2.53 bits per heavy atom. The summed E-state index contributed by atoms with van der Waals surface area (Å²) in [6, 6.07) is 9.40. The number of rotatable bonds is 1. The Bertz CT molecular complexity index is 559. The van der Waals surface area contributed by atoms with Crippen LogP contribution in [-0.2, 0) is 0 Å². The van der Waals surface area contributed by atoms with Gasteiger partial charge >= 0.3 is 0 Å². The van der Waals surface area contributed by atoms with Crippen LogP contribution >= 0.6 is 11.3 Å². The Hall–Kier alpha value is -0.860. The molecule has 0 radical (unpaired) electrons. The fourth-order valence-electron chi connectivity index (χ4n) is 4.01. The van der Waals surface area contributed by atoms with Crippen LogP contribution in [0.4, 0.5) is 0 Å². The number of hydrogen-bond acceptors (Lipinski definition) is 2. The average Bonchev–Trinajstić information content (AvgIpc) is 3.03. The molecule has 2 aromatic rings. The summed E-state index contributed by atoms with van der Waals surface area (Å²) >= 11 is 1.85. The standard InChI is InChI=1S/C17H21NS/c1-3-15-10-18-11-16(15)4-2-12(1)13-5-6-17-14(9-13)7-8-19-17/h5-9,12,15-16,18H,1-4,10-11H2. The van der Waals surface area contributed by atoms with Crippen LogP contribution in [0.1, 0.15) is 37.2 Å². The van der Waals surface area contributed by atoms with Crippen LogP contribution in [0.5, 0.6) is 0 Å². The van der Waals surface area contributed by atoms with E-state index in [1.807, 2.05) is 11.3 Å². The van der Waals surface area contributed by atoms with Crippen molar-refractivity contribution in [3.05, 3.63) is 35.2 Å². The van der Waals surface area contributed by atoms with Crippen molar-refractivity contribution in [2.45, 2.75) is 31.6 Å². The Morgan fingerprint density at radius 2 is 1.74 bits per heavy atom. The van der Waals surface area contributed by atoms with Gasteiger partial charge < -0.3 is 5.32 Å². The fourth-order valence-corrected chi connectivity index (χ4v) is 4.78. The second-order valence-electron chi connectivity index (χ2n) is 6.25. The molecule has 1 nitrogen and oxygen atoms in total. The van der Waals surface area contributed by atoms with Crippen LogP contribution in [0, 0.1) is 11.8 Å². The molecule has 2 heteroatoms. The minimum absolute atomic E-state index is 0.801. The van der Waals surface area contributed by atoms with E-state index < -0.39 is 0 Å². The maximum atomic E-state index is 3.57. The first-order chi connectivity index (χ1) is 9.40. The van der Waals surface area contributed by atoms with Gasteiger partial charge in [-0.25, -0.2) is 0 Å². The maximum absolute atomic E-state index is 3.57. The highest BCUT2D eigenvalue weighted by molar-refractivity contribution is 7.17. The van der Waals surface area contributed by atoms with Gasteiger partial charge in [-0.05, 0) is 85.0 Å². The van der Waals surface area contributed by atoms with E-state index in [1.54, 1.807) is 5.56 Å². The van der Waals surface area contributed by atoms with E-state index in [0.29, 0.717) is 0 Å². The Balaban J connectivity index is 1.58. The molecule has 2 heterocycles. The first kappa shape index (κ1) is 11.9. The normalized spacial score (nSPS) is 31.3. The summed E-state index contributed by atoms with van der Waals surface area (Å²) < 4.78 is 1.43. The van der Waals surface area contributed by atoms with Gasteiger partial charge in [0.25, 0.3) is 0 Å². The van der Waals surface area contributed by atoms with Crippen molar-refractivity contribution in [3.63, 3.8) is 0 Å². The van der Waals surface area contributed by atoms with Crippen molar-refractivity contribution >= 4 is 21.4 Å². The number of nitrogens with one attached hydrogen (secondary N) is 1. The molecule has 2 unspecified atom stereocenters. The van der Waals surface area contributed by atoms with E-state index in [0.717, 1.165) is 17.8 Å². The second-order valence-corrected chi connectivity index (χ2v) is 7.20. The van der Waals surface area contributed by atoms with E-state index in [4.69, 9.17) is 0 Å². The van der Waals surface area contributed by atoms with Crippen LogP contribution < -0.4 is 5.32 Å². The molecule has 4 rings (SSSR count). The van der Waals surface area contributed by atoms with Gasteiger partial charge in [0, 0.05) is 4.70 Å². The zero-order valence-electron chi connectivity index (χ0n) is 11.3. The van der Waals surface area contributed by atoms with E-state index in [2.05, 4.69) is 35.0 Å². The molecular weight excluding hydrogens is 250 g/mol. The van der Waals surface area contributed by atoms with Crippen molar-refractivity contribution in [1.29, 1.82) is 0 Å². The van der Waals surface area contributed by atoms with Crippen molar-refractivity contribution < 1.29 is 0 Å². The smallest absolute Gasteiger partial charge is 0.0342 e. The lowest BCUT2D eigenvalue weighted by atomic mass is 9.91. The third-order valence-electron chi connectivity index (χ3n) is 5.20. The molecule has 100 valence electrons. The molecule has 2 atom stereocenters. The summed E-state index contributed by atoms with van der Waals surface area (Å²) in [5, 5.41) is 7.21. The van der Waals surface area contributed by atoms with Crippen molar-refractivity contribution in [3.8, 4) is 0 Å². The number of hydrogen-bond donors (Lipinski definition) is 1. The molecule has 1 N–H and O–H groups in total. The van der Waals surface area contributed by atoms with Gasteiger partial charge in [-0.15, -0.1) is 11.3 Å². The topological polar surface area (TPSA) is 12.0 Å². The molecule has 0 spiro atoms. The van der Waals surface area contributed by atoms with Crippen molar-refractivity contribution in [2.75, 3.05) is 13.1 Å². The molecule has 0 bridgehead atoms. The minimum atomic E-state index is 0.801. The quantitative estimate of drug-likeness (QED) is 0.811. The lowest BCUT2D eigenvalue weighted by Crippen LogP contribution is -2.09. The highest BCUT2D eigenvalue weighted by Gasteiger charge is 2.31. The Kier molecular flexibility index (Phi) is 3.08. The van der Waals surface area contributed by atoms with E-state index in [1.165, 1.54) is 48.9 Å².